The zero-order valence-electron chi connectivity index (χ0n) is 11.1. The number of H-pyrrole nitrogens is 1. The van der Waals surface area contributed by atoms with Crippen LogP contribution < -0.4 is 5.69 Å². The number of hydrogen-bond donors (Lipinski definition) is 1. The van der Waals surface area contributed by atoms with Crippen molar-refractivity contribution in [2.45, 2.75) is 6.18 Å². The lowest BCUT2D eigenvalue weighted by molar-refractivity contribution is -0.137. The summed E-state index contributed by atoms with van der Waals surface area (Å²) in [7, 11) is 0. The van der Waals surface area contributed by atoms with Crippen LogP contribution in [0.25, 0.3) is 17.1 Å². The van der Waals surface area contributed by atoms with Crippen LogP contribution in [0.1, 0.15) is 5.56 Å². The number of nitrogens with zero attached hydrogens (tertiary/aromatic N) is 2. The molecule has 0 saturated carbocycles. The van der Waals surface area contributed by atoms with E-state index in [1.807, 2.05) is 0 Å². The number of aromatic amines is 1. The normalized spacial score (nSPS) is 11.6. The van der Waals surface area contributed by atoms with Gasteiger partial charge in [-0.25, -0.2) is 14.5 Å². The molecule has 3 aromatic rings. The molecule has 2 aromatic carbocycles. The van der Waals surface area contributed by atoms with E-state index in [-0.39, 0.29) is 5.82 Å². The van der Waals surface area contributed by atoms with Crippen molar-refractivity contribution in [1.29, 1.82) is 0 Å². The molecule has 0 aliphatic rings. The van der Waals surface area contributed by atoms with E-state index >= 15 is 0 Å². The van der Waals surface area contributed by atoms with Crippen LogP contribution in [0.4, 0.5) is 13.2 Å². The second-order valence-electron chi connectivity index (χ2n) is 4.60. The molecule has 1 N–H and O–H groups in total. The third-order valence-electron chi connectivity index (χ3n) is 3.16. The summed E-state index contributed by atoms with van der Waals surface area (Å²) in [6.45, 7) is 0. The van der Waals surface area contributed by atoms with Crippen LogP contribution in [0.15, 0.2) is 59.4 Å². The van der Waals surface area contributed by atoms with E-state index in [1.54, 1.807) is 30.3 Å². The molecule has 0 unspecified atom stereocenters. The number of halogens is 3. The first kappa shape index (κ1) is 14.1. The molecule has 0 atom stereocenters. The first-order valence-corrected chi connectivity index (χ1v) is 6.37. The second kappa shape index (κ2) is 5.18. The summed E-state index contributed by atoms with van der Waals surface area (Å²) in [6, 6.07) is 13.2. The maximum Gasteiger partial charge on any atom is 0.416 e. The van der Waals surface area contributed by atoms with Crippen LogP contribution in [0, 0.1) is 0 Å². The molecule has 112 valence electrons. The first-order chi connectivity index (χ1) is 10.5. The lowest BCUT2D eigenvalue weighted by atomic mass is 10.1. The molecular weight excluding hydrogens is 295 g/mol. The standard InChI is InChI=1S/C15H10F3N3O/c16-15(17,18)11-8-6-10(7-9-11)13-19-20-14(22)21(13)12-4-2-1-3-5-12/h1-9H,(H,20,22). The fraction of sp³-hybridized carbons (Fsp3) is 0.0667. The van der Waals surface area contributed by atoms with E-state index in [0.29, 0.717) is 11.3 Å². The van der Waals surface area contributed by atoms with Crippen molar-refractivity contribution >= 4 is 0 Å². The Kier molecular flexibility index (Phi) is 3.32. The number of nitrogens with one attached hydrogen (secondary N) is 1. The van der Waals surface area contributed by atoms with Gasteiger partial charge in [0.1, 0.15) is 0 Å². The summed E-state index contributed by atoms with van der Waals surface area (Å²) in [4.78, 5) is 11.9. The van der Waals surface area contributed by atoms with Crippen molar-refractivity contribution in [3.8, 4) is 17.1 Å². The Morgan fingerprint density at radius 3 is 2.18 bits per heavy atom. The first-order valence-electron chi connectivity index (χ1n) is 6.37. The van der Waals surface area contributed by atoms with Crippen molar-refractivity contribution in [1.82, 2.24) is 14.8 Å². The zero-order valence-corrected chi connectivity index (χ0v) is 11.1. The Morgan fingerprint density at radius 1 is 0.955 bits per heavy atom. The molecule has 0 radical (unpaired) electrons. The van der Waals surface area contributed by atoms with Gasteiger partial charge in [-0.3, -0.25) is 0 Å². The number of alkyl halides is 3. The van der Waals surface area contributed by atoms with Crippen molar-refractivity contribution in [3.63, 3.8) is 0 Å². The summed E-state index contributed by atoms with van der Waals surface area (Å²) < 4.78 is 39.1. The number of rotatable bonds is 2. The molecule has 0 bridgehead atoms. The van der Waals surface area contributed by atoms with Gasteiger partial charge >= 0.3 is 11.9 Å². The smallest absolute Gasteiger partial charge is 0.246 e. The molecule has 0 saturated heterocycles. The predicted octanol–water partition coefficient (Wildman–Crippen LogP) is 3.25. The van der Waals surface area contributed by atoms with E-state index in [4.69, 9.17) is 0 Å². The molecule has 7 heteroatoms. The summed E-state index contributed by atoms with van der Waals surface area (Å²) >= 11 is 0. The van der Waals surface area contributed by atoms with Crippen LogP contribution in [0.5, 0.6) is 0 Å². The molecular formula is C15H10F3N3O. The summed E-state index contributed by atoms with van der Waals surface area (Å²) in [5.74, 6) is 0.255. The third kappa shape index (κ3) is 2.52. The number of benzene rings is 2. The molecule has 0 fully saturated rings. The summed E-state index contributed by atoms with van der Waals surface area (Å²) in [6.07, 6.45) is -4.40. The van der Waals surface area contributed by atoms with Gasteiger partial charge in [0.2, 0.25) is 0 Å². The maximum atomic E-state index is 12.6. The van der Waals surface area contributed by atoms with Gasteiger partial charge in [0.05, 0.1) is 11.3 Å². The van der Waals surface area contributed by atoms with E-state index < -0.39 is 17.4 Å². The van der Waals surface area contributed by atoms with Crippen LogP contribution in [-0.2, 0) is 6.18 Å². The average molecular weight is 305 g/mol. The van der Waals surface area contributed by atoms with Gasteiger partial charge in [0.25, 0.3) is 0 Å². The Balaban J connectivity index is 2.09. The Hall–Kier alpha value is -2.83. The Morgan fingerprint density at radius 2 is 1.59 bits per heavy atom. The molecule has 3 rings (SSSR count). The number of para-hydroxylation sites is 1. The van der Waals surface area contributed by atoms with Gasteiger partial charge < -0.3 is 0 Å². The Labute approximate surface area is 122 Å². The van der Waals surface area contributed by atoms with Crippen LogP contribution in [0.2, 0.25) is 0 Å². The SMILES string of the molecule is O=c1[nH]nc(-c2ccc(C(F)(F)F)cc2)n1-c1ccccc1. The minimum atomic E-state index is -4.40. The third-order valence-corrected chi connectivity index (χ3v) is 3.16. The van der Waals surface area contributed by atoms with Crippen LogP contribution in [0.3, 0.4) is 0 Å². The topological polar surface area (TPSA) is 50.7 Å². The number of hydrogen-bond acceptors (Lipinski definition) is 2. The van der Waals surface area contributed by atoms with E-state index in [1.165, 1.54) is 16.7 Å². The van der Waals surface area contributed by atoms with Crippen LogP contribution in [-0.4, -0.2) is 14.8 Å². The molecule has 1 aromatic heterocycles. The van der Waals surface area contributed by atoms with Crippen molar-refractivity contribution in [2.24, 2.45) is 0 Å². The lowest BCUT2D eigenvalue weighted by Crippen LogP contribution is -2.15. The second-order valence-corrected chi connectivity index (χ2v) is 4.60. The summed E-state index contributed by atoms with van der Waals surface area (Å²) in [5.41, 5.74) is -0.215. The Bertz CT molecular complexity index is 833. The van der Waals surface area contributed by atoms with Crippen LogP contribution >= 0.6 is 0 Å². The van der Waals surface area contributed by atoms with E-state index in [2.05, 4.69) is 10.2 Å². The highest BCUT2D eigenvalue weighted by Crippen LogP contribution is 2.30. The number of aromatic nitrogens is 3. The molecule has 22 heavy (non-hydrogen) atoms. The fourth-order valence-corrected chi connectivity index (χ4v) is 2.12. The molecule has 0 aliphatic heterocycles. The molecule has 4 nitrogen and oxygen atoms in total. The van der Waals surface area contributed by atoms with Crippen molar-refractivity contribution < 1.29 is 13.2 Å². The van der Waals surface area contributed by atoms with E-state index in [9.17, 15) is 18.0 Å². The molecule has 0 amide bonds. The van der Waals surface area contributed by atoms with Gasteiger partial charge in [0.15, 0.2) is 5.82 Å². The minimum Gasteiger partial charge on any atom is -0.246 e. The molecule has 0 spiro atoms. The van der Waals surface area contributed by atoms with Gasteiger partial charge in [0, 0.05) is 5.56 Å². The average Bonchev–Trinajstić information content (AvgIpc) is 2.89. The van der Waals surface area contributed by atoms with E-state index in [0.717, 1.165) is 12.1 Å². The summed E-state index contributed by atoms with van der Waals surface area (Å²) in [5, 5.41) is 6.21. The van der Waals surface area contributed by atoms with Gasteiger partial charge in [-0.2, -0.15) is 18.3 Å². The molecule has 0 aliphatic carbocycles. The van der Waals surface area contributed by atoms with Crippen molar-refractivity contribution in [2.75, 3.05) is 0 Å². The highest BCUT2D eigenvalue weighted by molar-refractivity contribution is 5.58. The van der Waals surface area contributed by atoms with Crippen molar-refractivity contribution in [3.05, 3.63) is 70.6 Å². The predicted molar refractivity (Wildman–Crippen MR) is 74.6 cm³/mol. The largest absolute Gasteiger partial charge is 0.416 e. The highest BCUT2D eigenvalue weighted by Gasteiger charge is 2.30. The fourth-order valence-electron chi connectivity index (χ4n) is 2.12. The van der Waals surface area contributed by atoms with Gasteiger partial charge in [-0.05, 0) is 24.3 Å². The van der Waals surface area contributed by atoms with Gasteiger partial charge in [-0.15, -0.1) is 0 Å². The lowest BCUT2D eigenvalue weighted by Gasteiger charge is -2.08. The van der Waals surface area contributed by atoms with Gasteiger partial charge in [-0.1, -0.05) is 30.3 Å². The minimum absolute atomic E-state index is 0.255. The monoisotopic (exact) mass is 305 g/mol. The highest BCUT2D eigenvalue weighted by atomic mass is 19.4. The molecule has 1 heterocycles. The quantitative estimate of drug-likeness (QED) is 0.790. The zero-order chi connectivity index (χ0) is 15.7. The maximum absolute atomic E-state index is 12.6.